The minimum absolute atomic E-state index is 0.0734. The van der Waals surface area contributed by atoms with Gasteiger partial charge in [0.25, 0.3) is 0 Å². The second kappa shape index (κ2) is 4.39. The minimum Gasteiger partial charge on any atom is -0.508 e. The minimum atomic E-state index is -0.308. The summed E-state index contributed by atoms with van der Waals surface area (Å²) in [4.78, 5) is 2.12. The SMILES string of the molecule is CN1CC(CN)CC1c1cc(F)ccc1O. The van der Waals surface area contributed by atoms with Crippen molar-refractivity contribution in [3.05, 3.63) is 29.6 Å². The lowest BCUT2D eigenvalue weighted by atomic mass is 9.99. The molecule has 0 saturated carbocycles. The van der Waals surface area contributed by atoms with Gasteiger partial charge in [-0.05, 0) is 44.1 Å². The third-order valence-electron chi connectivity index (χ3n) is 3.32. The maximum Gasteiger partial charge on any atom is 0.123 e. The van der Waals surface area contributed by atoms with Crippen molar-refractivity contribution in [1.82, 2.24) is 4.90 Å². The Kier molecular flexibility index (Phi) is 3.12. The second-order valence-electron chi connectivity index (χ2n) is 4.50. The molecule has 1 fully saturated rings. The van der Waals surface area contributed by atoms with Crippen LogP contribution in [0.5, 0.6) is 5.75 Å². The number of halogens is 1. The van der Waals surface area contributed by atoms with E-state index >= 15 is 0 Å². The Morgan fingerprint density at radius 3 is 2.94 bits per heavy atom. The van der Waals surface area contributed by atoms with Gasteiger partial charge in [0, 0.05) is 18.2 Å². The summed E-state index contributed by atoms with van der Waals surface area (Å²) in [5.74, 6) is 0.283. The number of hydrogen-bond acceptors (Lipinski definition) is 3. The standard InChI is InChI=1S/C12H17FN2O/c1-15-7-8(6-14)4-11(15)10-5-9(13)2-3-12(10)16/h2-3,5,8,11,16H,4,6-7,14H2,1H3. The zero-order chi connectivity index (χ0) is 11.7. The number of hydrogen-bond donors (Lipinski definition) is 2. The van der Waals surface area contributed by atoms with Gasteiger partial charge < -0.3 is 10.8 Å². The molecule has 0 spiro atoms. The van der Waals surface area contributed by atoms with Gasteiger partial charge in [0.2, 0.25) is 0 Å². The van der Waals surface area contributed by atoms with Crippen molar-refractivity contribution in [2.24, 2.45) is 11.7 Å². The maximum absolute atomic E-state index is 13.2. The molecule has 1 aliphatic heterocycles. The van der Waals surface area contributed by atoms with E-state index in [-0.39, 0.29) is 17.6 Å². The highest BCUT2D eigenvalue weighted by atomic mass is 19.1. The fourth-order valence-corrected chi connectivity index (χ4v) is 2.43. The van der Waals surface area contributed by atoms with Crippen LogP contribution in [-0.2, 0) is 0 Å². The van der Waals surface area contributed by atoms with Crippen LogP contribution in [-0.4, -0.2) is 30.1 Å². The molecule has 1 heterocycles. The molecule has 16 heavy (non-hydrogen) atoms. The van der Waals surface area contributed by atoms with Crippen molar-refractivity contribution in [1.29, 1.82) is 0 Å². The highest BCUT2D eigenvalue weighted by Gasteiger charge is 2.31. The number of rotatable bonds is 2. The molecular formula is C12H17FN2O. The molecule has 1 saturated heterocycles. The van der Waals surface area contributed by atoms with E-state index in [1.807, 2.05) is 7.05 Å². The van der Waals surface area contributed by atoms with Crippen LogP contribution >= 0.6 is 0 Å². The second-order valence-corrected chi connectivity index (χ2v) is 4.50. The van der Waals surface area contributed by atoms with Crippen LogP contribution in [0.2, 0.25) is 0 Å². The van der Waals surface area contributed by atoms with Gasteiger partial charge in [0.15, 0.2) is 0 Å². The Balaban J connectivity index is 2.27. The van der Waals surface area contributed by atoms with E-state index in [9.17, 15) is 9.50 Å². The highest BCUT2D eigenvalue weighted by Crippen LogP contribution is 2.37. The van der Waals surface area contributed by atoms with Crippen molar-refractivity contribution >= 4 is 0 Å². The average molecular weight is 224 g/mol. The van der Waals surface area contributed by atoms with Gasteiger partial charge in [0.05, 0.1) is 0 Å². The van der Waals surface area contributed by atoms with Crippen molar-refractivity contribution in [2.45, 2.75) is 12.5 Å². The Hall–Kier alpha value is -1.13. The number of aromatic hydroxyl groups is 1. The molecule has 4 heteroatoms. The number of nitrogens with zero attached hydrogens (tertiary/aromatic N) is 1. The Labute approximate surface area is 94.7 Å². The van der Waals surface area contributed by atoms with Crippen molar-refractivity contribution in [3.63, 3.8) is 0 Å². The number of benzene rings is 1. The van der Waals surface area contributed by atoms with Gasteiger partial charge in [-0.2, -0.15) is 0 Å². The predicted octanol–water partition coefficient (Wildman–Crippen LogP) is 1.48. The fourth-order valence-electron chi connectivity index (χ4n) is 2.43. The Morgan fingerprint density at radius 2 is 2.31 bits per heavy atom. The molecule has 2 unspecified atom stereocenters. The smallest absolute Gasteiger partial charge is 0.123 e. The van der Waals surface area contributed by atoms with Gasteiger partial charge >= 0.3 is 0 Å². The van der Waals surface area contributed by atoms with E-state index in [1.54, 1.807) is 0 Å². The van der Waals surface area contributed by atoms with E-state index in [1.165, 1.54) is 18.2 Å². The van der Waals surface area contributed by atoms with Gasteiger partial charge in [-0.15, -0.1) is 0 Å². The van der Waals surface area contributed by atoms with Crippen molar-refractivity contribution in [2.75, 3.05) is 20.1 Å². The third kappa shape index (κ3) is 2.03. The van der Waals surface area contributed by atoms with Crippen LogP contribution in [0.1, 0.15) is 18.0 Å². The molecule has 0 bridgehead atoms. The summed E-state index contributed by atoms with van der Waals surface area (Å²) in [6, 6.07) is 4.17. The lowest BCUT2D eigenvalue weighted by Gasteiger charge is -2.20. The van der Waals surface area contributed by atoms with Crippen LogP contribution < -0.4 is 5.73 Å². The first kappa shape index (κ1) is 11.4. The molecule has 1 aliphatic rings. The van der Waals surface area contributed by atoms with E-state index in [4.69, 9.17) is 5.73 Å². The Morgan fingerprint density at radius 1 is 1.56 bits per heavy atom. The zero-order valence-electron chi connectivity index (χ0n) is 9.36. The molecular weight excluding hydrogens is 207 g/mol. The largest absolute Gasteiger partial charge is 0.508 e. The summed E-state index contributed by atoms with van der Waals surface area (Å²) in [7, 11) is 1.98. The average Bonchev–Trinajstić information content (AvgIpc) is 2.63. The van der Waals surface area contributed by atoms with Crippen molar-refractivity contribution in [3.8, 4) is 5.75 Å². The number of phenols is 1. The molecule has 2 atom stereocenters. The van der Waals surface area contributed by atoms with E-state index in [2.05, 4.69) is 4.90 Å². The number of nitrogens with two attached hydrogens (primary N) is 1. The molecule has 0 aromatic heterocycles. The lowest BCUT2D eigenvalue weighted by molar-refractivity contribution is 0.305. The maximum atomic E-state index is 13.2. The molecule has 3 N–H and O–H groups in total. The molecule has 0 aliphatic carbocycles. The molecule has 0 amide bonds. The van der Waals surface area contributed by atoms with Gasteiger partial charge in [-0.3, -0.25) is 4.90 Å². The van der Waals surface area contributed by atoms with Gasteiger partial charge in [-0.1, -0.05) is 0 Å². The summed E-state index contributed by atoms with van der Waals surface area (Å²) in [6.07, 6.45) is 0.879. The highest BCUT2D eigenvalue weighted by molar-refractivity contribution is 5.35. The van der Waals surface area contributed by atoms with Crippen LogP contribution in [0.25, 0.3) is 0 Å². The molecule has 1 aromatic rings. The quantitative estimate of drug-likeness (QED) is 0.800. The number of phenolic OH excluding ortho intramolecular Hbond substituents is 1. The summed E-state index contributed by atoms with van der Waals surface area (Å²) >= 11 is 0. The predicted molar refractivity (Wildman–Crippen MR) is 60.6 cm³/mol. The first-order chi connectivity index (χ1) is 7.61. The molecule has 88 valence electrons. The fraction of sp³-hybridized carbons (Fsp3) is 0.500. The van der Waals surface area contributed by atoms with Crippen LogP contribution in [0.3, 0.4) is 0 Å². The first-order valence-electron chi connectivity index (χ1n) is 5.50. The Bertz CT molecular complexity index is 383. The lowest BCUT2D eigenvalue weighted by Crippen LogP contribution is -2.20. The summed E-state index contributed by atoms with van der Waals surface area (Å²) in [5.41, 5.74) is 6.31. The summed E-state index contributed by atoms with van der Waals surface area (Å²) < 4.78 is 13.2. The van der Waals surface area contributed by atoms with Crippen LogP contribution in [0.4, 0.5) is 4.39 Å². The van der Waals surface area contributed by atoms with Crippen LogP contribution in [0, 0.1) is 11.7 Å². The van der Waals surface area contributed by atoms with Crippen molar-refractivity contribution < 1.29 is 9.50 Å². The topological polar surface area (TPSA) is 49.5 Å². The summed E-state index contributed by atoms with van der Waals surface area (Å²) in [6.45, 7) is 1.54. The van der Waals surface area contributed by atoms with E-state index < -0.39 is 0 Å². The van der Waals surface area contributed by atoms with Crippen LogP contribution in [0.15, 0.2) is 18.2 Å². The normalized spacial score (nSPS) is 26.2. The monoisotopic (exact) mass is 224 g/mol. The first-order valence-corrected chi connectivity index (χ1v) is 5.50. The zero-order valence-corrected chi connectivity index (χ0v) is 9.36. The van der Waals surface area contributed by atoms with E-state index in [0.717, 1.165) is 13.0 Å². The third-order valence-corrected chi connectivity index (χ3v) is 3.32. The molecule has 1 aromatic carbocycles. The molecule has 0 radical (unpaired) electrons. The van der Waals surface area contributed by atoms with Gasteiger partial charge in [-0.25, -0.2) is 4.39 Å². The van der Waals surface area contributed by atoms with E-state index in [0.29, 0.717) is 18.0 Å². The summed E-state index contributed by atoms with van der Waals surface area (Å²) in [5, 5.41) is 9.75. The molecule has 3 nitrogen and oxygen atoms in total. The molecule has 2 rings (SSSR count). The number of likely N-dealkylation sites (tertiary alicyclic amines) is 1. The van der Waals surface area contributed by atoms with Gasteiger partial charge in [0.1, 0.15) is 11.6 Å².